The molecular weight excluding hydrogens is 206 g/mol. The van der Waals surface area contributed by atoms with Crippen LogP contribution in [0.15, 0.2) is 23.0 Å². The first-order chi connectivity index (χ1) is 7.83. The van der Waals surface area contributed by atoms with Gasteiger partial charge >= 0.3 is 0 Å². The van der Waals surface area contributed by atoms with Crippen molar-refractivity contribution in [1.82, 2.24) is 15.1 Å². The molecule has 0 radical (unpaired) electrons. The van der Waals surface area contributed by atoms with Crippen LogP contribution in [0.2, 0.25) is 0 Å². The fourth-order valence-corrected chi connectivity index (χ4v) is 1.59. The standard InChI is InChI=1S/C11H11N3O2/c15-9-6-12-4-3-8(9)11-13-10(14-16-11)5-7-1-2-7/h3-4,6-7,15H,1-2,5H2. The SMILES string of the molecule is Oc1cnccc1-c1nc(CC2CC2)no1. The second kappa shape index (κ2) is 3.59. The number of aromatic hydroxyl groups is 1. The van der Waals surface area contributed by atoms with Crippen LogP contribution in [0.25, 0.3) is 11.5 Å². The van der Waals surface area contributed by atoms with Crippen LogP contribution in [0.5, 0.6) is 5.75 Å². The molecule has 2 heterocycles. The van der Waals surface area contributed by atoms with E-state index in [9.17, 15) is 5.11 Å². The average Bonchev–Trinajstić information content (AvgIpc) is 2.97. The van der Waals surface area contributed by atoms with Crippen molar-refractivity contribution in [1.29, 1.82) is 0 Å². The Hall–Kier alpha value is -1.91. The number of nitrogens with zero attached hydrogens (tertiary/aromatic N) is 3. The van der Waals surface area contributed by atoms with Gasteiger partial charge in [0, 0.05) is 12.6 Å². The van der Waals surface area contributed by atoms with E-state index in [1.54, 1.807) is 12.3 Å². The van der Waals surface area contributed by atoms with Gasteiger partial charge in [0.15, 0.2) is 5.82 Å². The summed E-state index contributed by atoms with van der Waals surface area (Å²) in [4.78, 5) is 8.05. The lowest BCUT2D eigenvalue weighted by atomic mass is 10.2. The highest BCUT2D eigenvalue weighted by atomic mass is 16.5. The van der Waals surface area contributed by atoms with E-state index in [0.29, 0.717) is 17.3 Å². The summed E-state index contributed by atoms with van der Waals surface area (Å²) in [7, 11) is 0. The van der Waals surface area contributed by atoms with Gasteiger partial charge in [-0.05, 0) is 24.8 Å². The molecule has 1 saturated carbocycles. The van der Waals surface area contributed by atoms with E-state index in [4.69, 9.17) is 4.52 Å². The van der Waals surface area contributed by atoms with Crippen molar-refractivity contribution in [2.45, 2.75) is 19.3 Å². The van der Waals surface area contributed by atoms with Crippen molar-refractivity contribution in [2.24, 2.45) is 5.92 Å². The summed E-state index contributed by atoms with van der Waals surface area (Å²) in [6.45, 7) is 0. The van der Waals surface area contributed by atoms with Crippen molar-refractivity contribution in [2.75, 3.05) is 0 Å². The molecule has 82 valence electrons. The maximum atomic E-state index is 9.58. The number of rotatable bonds is 3. The summed E-state index contributed by atoms with van der Waals surface area (Å²) in [6.07, 6.45) is 6.32. The third kappa shape index (κ3) is 1.76. The summed E-state index contributed by atoms with van der Waals surface area (Å²) in [6, 6.07) is 1.66. The molecule has 5 heteroatoms. The fourth-order valence-electron chi connectivity index (χ4n) is 1.59. The van der Waals surface area contributed by atoms with Crippen molar-refractivity contribution in [3.63, 3.8) is 0 Å². The second-order valence-electron chi connectivity index (χ2n) is 4.06. The third-order valence-electron chi connectivity index (χ3n) is 2.67. The van der Waals surface area contributed by atoms with Crippen LogP contribution in [0.3, 0.4) is 0 Å². The minimum absolute atomic E-state index is 0.0594. The zero-order valence-electron chi connectivity index (χ0n) is 8.63. The van der Waals surface area contributed by atoms with E-state index in [1.807, 2.05) is 0 Å². The third-order valence-corrected chi connectivity index (χ3v) is 2.67. The normalized spacial score (nSPS) is 15.2. The molecule has 2 aromatic rings. The molecule has 1 aliphatic carbocycles. The summed E-state index contributed by atoms with van der Waals surface area (Å²) in [5, 5.41) is 13.5. The van der Waals surface area contributed by atoms with Crippen molar-refractivity contribution in [3.8, 4) is 17.2 Å². The maximum Gasteiger partial charge on any atom is 0.261 e. The number of hydrogen-bond donors (Lipinski definition) is 1. The summed E-state index contributed by atoms with van der Waals surface area (Å²) < 4.78 is 5.11. The predicted octanol–water partition coefficient (Wildman–Crippen LogP) is 1.79. The van der Waals surface area contributed by atoms with Crippen molar-refractivity contribution < 1.29 is 9.63 Å². The molecule has 0 aliphatic heterocycles. The molecule has 0 amide bonds. The highest BCUT2D eigenvalue weighted by molar-refractivity contribution is 5.60. The van der Waals surface area contributed by atoms with Gasteiger partial charge < -0.3 is 9.63 Å². The Labute approximate surface area is 92.1 Å². The van der Waals surface area contributed by atoms with E-state index in [1.165, 1.54) is 19.0 Å². The van der Waals surface area contributed by atoms with E-state index in [0.717, 1.165) is 12.3 Å². The Balaban J connectivity index is 1.88. The van der Waals surface area contributed by atoms with Gasteiger partial charge in [0.25, 0.3) is 5.89 Å². The minimum Gasteiger partial charge on any atom is -0.505 e. The lowest BCUT2D eigenvalue weighted by Crippen LogP contribution is -1.89. The Morgan fingerprint density at radius 1 is 1.44 bits per heavy atom. The molecule has 0 bridgehead atoms. The maximum absolute atomic E-state index is 9.58. The van der Waals surface area contributed by atoms with E-state index in [2.05, 4.69) is 15.1 Å². The Morgan fingerprint density at radius 3 is 3.06 bits per heavy atom. The van der Waals surface area contributed by atoms with Crippen LogP contribution in [0.1, 0.15) is 18.7 Å². The molecule has 1 N–H and O–H groups in total. The lowest BCUT2D eigenvalue weighted by molar-refractivity contribution is 0.415. The molecular formula is C11H11N3O2. The summed E-state index contributed by atoms with van der Waals surface area (Å²) >= 11 is 0. The van der Waals surface area contributed by atoms with Gasteiger partial charge in [-0.15, -0.1) is 0 Å². The zero-order chi connectivity index (χ0) is 11.0. The molecule has 0 spiro atoms. The summed E-state index contributed by atoms with van der Waals surface area (Å²) in [5.74, 6) is 1.85. The Kier molecular flexibility index (Phi) is 2.09. The fraction of sp³-hybridized carbons (Fsp3) is 0.364. The van der Waals surface area contributed by atoms with Crippen LogP contribution in [0, 0.1) is 5.92 Å². The van der Waals surface area contributed by atoms with E-state index < -0.39 is 0 Å². The smallest absolute Gasteiger partial charge is 0.261 e. The van der Waals surface area contributed by atoms with Crippen molar-refractivity contribution >= 4 is 0 Å². The highest BCUT2D eigenvalue weighted by Gasteiger charge is 2.24. The molecule has 5 nitrogen and oxygen atoms in total. The van der Waals surface area contributed by atoms with E-state index >= 15 is 0 Å². The van der Waals surface area contributed by atoms with Gasteiger partial charge in [-0.25, -0.2) is 0 Å². The molecule has 0 saturated heterocycles. The monoisotopic (exact) mass is 217 g/mol. The lowest BCUT2D eigenvalue weighted by Gasteiger charge is -1.95. The minimum atomic E-state index is 0.0594. The molecule has 2 aromatic heterocycles. The topological polar surface area (TPSA) is 72.0 Å². The largest absolute Gasteiger partial charge is 0.505 e. The van der Waals surface area contributed by atoms with Crippen LogP contribution in [0.4, 0.5) is 0 Å². The molecule has 0 unspecified atom stereocenters. The molecule has 0 aromatic carbocycles. The van der Waals surface area contributed by atoms with Crippen LogP contribution in [-0.4, -0.2) is 20.2 Å². The first-order valence-corrected chi connectivity index (χ1v) is 5.29. The highest BCUT2D eigenvalue weighted by Crippen LogP contribution is 2.33. The van der Waals surface area contributed by atoms with Gasteiger partial charge in [-0.3, -0.25) is 4.98 Å². The molecule has 1 fully saturated rings. The van der Waals surface area contributed by atoms with Crippen LogP contribution in [-0.2, 0) is 6.42 Å². The van der Waals surface area contributed by atoms with Crippen LogP contribution < -0.4 is 0 Å². The zero-order valence-corrected chi connectivity index (χ0v) is 8.63. The summed E-state index contributed by atoms with van der Waals surface area (Å²) in [5.41, 5.74) is 0.532. The van der Waals surface area contributed by atoms with Gasteiger partial charge in [-0.2, -0.15) is 4.98 Å². The molecule has 0 atom stereocenters. The molecule has 1 aliphatic rings. The molecule has 3 rings (SSSR count). The number of hydrogen-bond acceptors (Lipinski definition) is 5. The molecule has 16 heavy (non-hydrogen) atoms. The number of pyridine rings is 1. The van der Waals surface area contributed by atoms with Gasteiger partial charge in [-0.1, -0.05) is 5.16 Å². The first kappa shape index (κ1) is 9.33. The average molecular weight is 217 g/mol. The van der Waals surface area contributed by atoms with Gasteiger partial charge in [0.05, 0.1) is 11.8 Å². The van der Waals surface area contributed by atoms with Crippen LogP contribution >= 0.6 is 0 Å². The Bertz CT molecular complexity index is 505. The Morgan fingerprint density at radius 2 is 2.31 bits per heavy atom. The van der Waals surface area contributed by atoms with Crippen molar-refractivity contribution in [3.05, 3.63) is 24.3 Å². The number of aromatic nitrogens is 3. The quantitative estimate of drug-likeness (QED) is 0.848. The second-order valence-corrected chi connectivity index (χ2v) is 4.06. The first-order valence-electron chi connectivity index (χ1n) is 5.29. The van der Waals surface area contributed by atoms with Gasteiger partial charge in [0.2, 0.25) is 0 Å². The van der Waals surface area contributed by atoms with Gasteiger partial charge in [0.1, 0.15) is 5.75 Å². The predicted molar refractivity (Wildman–Crippen MR) is 55.6 cm³/mol. The van der Waals surface area contributed by atoms with E-state index in [-0.39, 0.29) is 5.75 Å².